The molecule has 0 heterocycles. The molecule has 0 aliphatic heterocycles. The molecule has 0 radical (unpaired) electrons. The Labute approximate surface area is 90.7 Å². The van der Waals surface area contributed by atoms with E-state index in [4.69, 9.17) is 5.73 Å². The predicted octanol–water partition coefficient (Wildman–Crippen LogP) is 1.86. The van der Waals surface area contributed by atoms with Gasteiger partial charge in [-0.15, -0.1) is 0 Å². The normalized spacial score (nSPS) is 12.3. The highest BCUT2D eigenvalue weighted by molar-refractivity contribution is 5.83. The van der Waals surface area contributed by atoms with Gasteiger partial charge in [0, 0.05) is 17.3 Å². The van der Waals surface area contributed by atoms with E-state index in [-0.39, 0.29) is 11.3 Å². The first kappa shape index (κ1) is 11.7. The van der Waals surface area contributed by atoms with Gasteiger partial charge in [0.25, 0.3) is 0 Å². The molecule has 0 saturated carbocycles. The van der Waals surface area contributed by atoms with Crippen molar-refractivity contribution < 1.29 is 5.11 Å². The molecular weight excluding hydrogens is 188 g/mol. The number of aromatic hydroxyl groups is 1. The summed E-state index contributed by atoms with van der Waals surface area (Å²) < 4.78 is 0. The van der Waals surface area contributed by atoms with Gasteiger partial charge in [0.2, 0.25) is 0 Å². The molecule has 0 fully saturated rings. The van der Waals surface area contributed by atoms with Gasteiger partial charge in [0.15, 0.2) is 0 Å². The monoisotopic (exact) mass is 206 g/mol. The number of rotatable bonds is 3. The molecule has 0 unspecified atom stereocenters. The zero-order chi connectivity index (χ0) is 11.5. The summed E-state index contributed by atoms with van der Waals surface area (Å²) in [5.41, 5.74) is 7.32. The van der Waals surface area contributed by atoms with Crippen LogP contribution in [0.2, 0.25) is 0 Å². The van der Waals surface area contributed by atoms with Crippen molar-refractivity contribution in [2.45, 2.75) is 26.3 Å². The fourth-order valence-corrected chi connectivity index (χ4v) is 1.16. The second-order valence-electron chi connectivity index (χ2n) is 4.52. The average molecular weight is 206 g/mol. The molecule has 0 saturated heterocycles. The van der Waals surface area contributed by atoms with Crippen LogP contribution < -0.4 is 5.73 Å². The first-order valence-corrected chi connectivity index (χ1v) is 4.97. The van der Waals surface area contributed by atoms with E-state index < -0.39 is 0 Å². The molecule has 3 heteroatoms. The molecule has 1 aromatic carbocycles. The maximum Gasteiger partial charge on any atom is 0.124 e. The minimum Gasteiger partial charge on any atom is -0.507 e. The number of nitrogens with zero attached hydrogens (tertiary/aromatic N) is 1. The van der Waals surface area contributed by atoms with Gasteiger partial charge in [-0.2, -0.15) is 0 Å². The summed E-state index contributed by atoms with van der Waals surface area (Å²) in [5, 5.41) is 9.54. The van der Waals surface area contributed by atoms with Crippen molar-refractivity contribution in [2.24, 2.45) is 10.7 Å². The third-order valence-corrected chi connectivity index (χ3v) is 1.91. The van der Waals surface area contributed by atoms with Crippen molar-refractivity contribution in [3.05, 3.63) is 29.3 Å². The molecule has 0 bridgehead atoms. The average Bonchev–Trinajstić information content (AvgIpc) is 2.09. The van der Waals surface area contributed by atoms with Gasteiger partial charge in [-0.1, -0.05) is 11.6 Å². The lowest BCUT2D eigenvalue weighted by Crippen LogP contribution is -2.35. The Kier molecular flexibility index (Phi) is 3.48. The smallest absolute Gasteiger partial charge is 0.124 e. The summed E-state index contributed by atoms with van der Waals surface area (Å²) in [5.74, 6) is 0.249. The minimum absolute atomic E-state index is 0.249. The summed E-state index contributed by atoms with van der Waals surface area (Å²) in [6.07, 6.45) is 1.66. The highest BCUT2D eigenvalue weighted by Crippen LogP contribution is 2.15. The van der Waals surface area contributed by atoms with Crippen LogP contribution in [0.15, 0.2) is 23.2 Å². The molecule has 0 aliphatic rings. The van der Waals surface area contributed by atoms with Gasteiger partial charge < -0.3 is 10.8 Å². The fourth-order valence-electron chi connectivity index (χ4n) is 1.16. The second kappa shape index (κ2) is 4.45. The Hall–Kier alpha value is -1.35. The van der Waals surface area contributed by atoms with E-state index in [0.717, 1.165) is 11.1 Å². The van der Waals surface area contributed by atoms with Crippen LogP contribution in [0.3, 0.4) is 0 Å². The summed E-state index contributed by atoms with van der Waals surface area (Å²) >= 11 is 0. The summed E-state index contributed by atoms with van der Waals surface area (Å²) in [7, 11) is 0. The van der Waals surface area contributed by atoms with Crippen LogP contribution in [-0.4, -0.2) is 23.4 Å². The number of phenols is 1. The molecular formula is C12H18N2O. The van der Waals surface area contributed by atoms with Crippen LogP contribution in [0, 0.1) is 6.92 Å². The van der Waals surface area contributed by atoms with E-state index in [0.29, 0.717) is 6.54 Å². The predicted molar refractivity (Wildman–Crippen MR) is 63.6 cm³/mol. The number of benzene rings is 1. The maximum atomic E-state index is 9.54. The standard InChI is InChI=1S/C12H18N2O/c1-9-4-5-11(15)10(6-9)7-14-8-12(2,3)13/h4-7,15H,8,13H2,1-3H3. The third-order valence-electron chi connectivity index (χ3n) is 1.91. The second-order valence-corrected chi connectivity index (χ2v) is 4.52. The van der Waals surface area contributed by atoms with Crippen molar-refractivity contribution in [1.29, 1.82) is 0 Å². The number of aryl methyl sites for hydroxylation is 1. The maximum absolute atomic E-state index is 9.54. The van der Waals surface area contributed by atoms with Gasteiger partial charge in [-0.3, -0.25) is 4.99 Å². The Morgan fingerprint density at radius 2 is 2.13 bits per heavy atom. The Morgan fingerprint density at radius 1 is 1.47 bits per heavy atom. The molecule has 0 amide bonds. The topological polar surface area (TPSA) is 58.6 Å². The Balaban J connectivity index is 2.76. The lowest BCUT2D eigenvalue weighted by molar-refractivity contribution is 0.474. The van der Waals surface area contributed by atoms with Crippen LogP contribution in [0.1, 0.15) is 25.0 Å². The molecule has 82 valence electrons. The molecule has 1 aromatic rings. The number of phenolic OH excluding ortho intramolecular Hbond substituents is 1. The van der Waals surface area contributed by atoms with E-state index >= 15 is 0 Å². The van der Waals surface area contributed by atoms with Crippen molar-refractivity contribution >= 4 is 6.21 Å². The fraction of sp³-hybridized carbons (Fsp3) is 0.417. The van der Waals surface area contributed by atoms with Crippen molar-refractivity contribution in [3.8, 4) is 5.75 Å². The third kappa shape index (κ3) is 4.13. The molecule has 1 rings (SSSR count). The SMILES string of the molecule is Cc1ccc(O)c(C=NCC(C)(C)N)c1. The molecule has 0 aliphatic carbocycles. The largest absolute Gasteiger partial charge is 0.507 e. The van der Waals surface area contributed by atoms with Gasteiger partial charge >= 0.3 is 0 Å². The van der Waals surface area contributed by atoms with Gasteiger partial charge in [0.1, 0.15) is 5.75 Å². The highest BCUT2D eigenvalue weighted by atomic mass is 16.3. The zero-order valence-electron chi connectivity index (χ0n) is 9.49. The van der Waals surface area contributed by atoms with Crippen molar-refractivity contribution in [1.82, 2.24) is 0 Å². The first-order valence-electron chi connectivity index (χ1n) is 4.97. The quantitative estimate of drug-likeness (QED) is 0.741. The van der Waals surface area contributed by atoms with Crippen LogP contribution in [-0.2, 0) is 0 Å². The van der Waals surface area contributed by atoms with Crippen LogP contribution >= 0.6 is 0 Å². The van der Waals surface area contributed by atoms with Crippen molar-refractivity contribution in [3.63, 3.8) is 0 Å². The summed E-state index contributed by atoms with van der Waals surface area (Å²) in [4.78, 5) is 4.20. The molecule has 0 aromatic heterocycles. The first-order chi connectivity index (χ1) is 6.88. The number of nitrogens with two attached hydrogens (primary N) is 1. The Bertz CT molecular complexity index is 364. The number of aliphatic imine (C=N–C) groups is 1. The molecule has 3 nitrogen and oxygen atoms in total. The van der Waals surface area contributed by atoms with E-state index in [1.165, 1.54) is 0 Å². The van der Waals surface area contributed by atoms with Crippen LogP contribution in [0.5, 0.6) is 5.75 Å². The Morgan fingerprint density at radius 3 is 2.73 bits per heavy atom. The lowest BCUT2D eigenvalue weighted by Gasteiger charge is -2.14. The molecule has 3 N–H and O–H groups in total. The van der Waals surface area contributed by atoms with E-state index in [1.807, 2.05) is 32.9 Å². The molecule has 0 spiro atoms. The van der Waals surface area contributed by atoms with Gasteiger partial charge in [-0.25, -0.2) is 0 Å². The highest BCUT2D eigenvalue weighted by Gasteiger charge is 2.08. The molecule has 0 atom stereocenters. The van der Waals surface area contributed by atoms with Gasteiger partial charge in [0.05, 0.1) is 6.54 Å². The minimum atomic E-state index is -0.310. The summed E-state index contributed by atoms with van der Waals surface area (Å²) in [6.45, 7) is 6.35. The van der Waals surface area contributed by atoms with E-state index in [9.17, 15) is 5.11 Å². The van der Waals surface area contributed by atoms with Crippen LogP contribution in [0.25, 0.3) is 0 Å². The lowest BCUT2D eigenvalue weighted by atomic mass is 10.1. The summed E-state index contributed by atoms with van der Waals surface area (Å²) in [6, 6.07) is 5.42. The number of hydrogen-bond acceptors (Lipinski definition) is 3. The number of hydrogen-bond donors (Lipinski definition) is 2. The van der Waals surface area contributed by atoms with Crippen molar-refractivity contribution in [2.75, 3.05) is 6.54 Å². The van der Waals surface area contributed by atoms with Crippen LogP contribution in [0.4, 0.5) is 0 Å². The van der Waals surface area contributed by atoms with E-state index in [1.54, 1.807) is 12.3 Å². The van der Waals surface area contributed by atoms with Gasteiger partial charge in [-0.05, 0) is 32.9 Å². The molecule has 15 heavy (non-hydrogen) atoms. The van der Waals surface area contributed by atoms with E-state index in [2.05, 4.69) is 4.99 Å². The zero-order valence-corrected chi connectivity index (χ0v) is 9.49.